The van der Waals surface area contributed by atoms with E-state index in [9.17, 15) is 8.42 Å². The summed E-state index contributed by atoms with van der Waals surface area (Å²) in [4.78, 5) is 9.00. The third kappa shape index (κ3) is 14.3. The zero-order chi connectivity index (χ0) is 10.5. The van der Waals surface area contributed by atoms with Crippen LogP contribution in [0.1, 0.15) is 19.8 Å². The Bertz CT molecular complexity index is 248. The molecule has 0 unspecified atom stereocenters. The predicted molar refractivity (Wildman–Crippen MR) is 46.8 cm³/mol. The molecular formula is C7H14O5S. The second kappa shape index (κ2) is 5.18. The fraction of sp³-hybridized carbons (Fsp3) is 0.857. The van der Waals surface area contributed by atoms with E-state index in [1.54, 1.807) is 0 Å². The molecule has 0 atom stereocenters. The van der Waals surface area contributed by atoms with Crippen LogP contribution in [0.25, 0.3) is 0 Å². The molecular weight excluding hydrogens is 196 g/mol. The van der Waals surface area contributed by atoms with E-state index in [4.69, 9.17) is 9.90 Å². The first-order valence-corrected chi connectivity index (χ1v) is 5.67. The van der Waals surface area contributed by atoms with Gasteiger partial charge in [-0.15, -0.1) is 0 Å². The van der Waals surface area contributed by atoms with Gasteiger partial charge in [0.1, 0.15) is 0 Å². The van der Waals surface area contributed by atoms with E-state index in [1.165, 1.54) is 0 Å². The van der Waals surface area contributed by atoms with E-state index >= 15 is 0 Å². The van der Waals surface area contributed by atoms with Crippen LogP contribution in [-0.4, -0.2) is 32.4 Å². The molecule has 1 aliphatic carbocycles. The molecule has 13 heavy (non-hydrogen) atoms. The Kier molecular flexibility index (Phi) is 4.94. The molecule has 78 valence electrons. The molecule has 1 fully saturated rings. The molecule has 0 aromatic heterocycles. The van der Waals surface area contributed by atoms with Crippen LogP contribution in [0, 0.1) is 5.92 Å². The Balaban J connectivity index is 0.000000310. The number of carbonyl (C=O) groups is 1. The summed E-state index contributed by atoms with van der Waals surface area (Å²) >= 11 is 0. The number of aliphatic carboxylic acids is 1. The van der Waals surface area contributed by atoms with Gasteiger partial charge in [-0.05, 0) is 18.8 Å². The number of hydrogen-bond acceptors (Lipinski definition) is 4. The molecule has 0 saturated heterocycles. The average molecular weight is 210 g/mol. The molecule has 0 bridgehead atoms. The molecule has 1 saturated carbocycles. The molecule has 0 aromatic rings. The highest BCUT2D eigenvalue weighted by atomic mass is 32.2. The monoisotopic (exact) mass is 210 g/mol. The minimum absolute atomic E-state index is 0.388. The Morgan fingerprint density at radius 2 is 1.92 bits per heavy atom. The molecule has 0 aliphatic heterocycles. The smallest absolute Gasteiger partial charge is 0.300 e. The maximum absolute atomic E-state index is 10.3. The van der Waals surface area contributed by atoms with Crippen LogP contribution in [0.3, 0.4) is 0 Å². The van der Waals surface area contributed by atoms with Gasteiger partial charge in [-0.25, -0.2) is 0 Å². The summed E-state index contributed by atoms with van der Waals surface area (Å²) in [6, 6.07) is 0. The fourth-order valence-electron chi connectivity index (χ4n) is 0.504. The van der Waals surface area contributed by atoms with E-state index < -0.39 is 16.1 Å². The van der Waals surface area contributed by atoms with Gasteiger partial charge in [-0.3, -0.25) is 8.98 Å². The van der Waals surface area contributed by atoms with Gasteiger partial charge in [0.15, 0.2) is 0 Å². The van der Waals surface area contributed by atoms with Gasteiger partial charge < -0.3 is 5.11 Å². The van der Waals surface area contributed by atoms with Crippen molar-refractivity contribution < 1.29 is 22.5 Å². The Morgan fingerprint density at radius 3 is 2.15 bits per heavy atom. The Hall–Kier alpha value is -0.620. The highest BCUT2D eigenvalue weighted by molar-refractivity contribution is 7.85. The van der Waals surface area contributed by atoms with Gasteiger partial charge in [0.05, 0.1) is 12.9 Å². The van der Waals surface area contributed by atoms with Crippen molar-refractivity contribution in [2.45, 2.75) is 19.8 Å². The zero-order valence-corrected chi connectivity index (χ0v) is 8.50. The third-order valence-electron chi connectivity index (χ3n) is 1.21. The third-order valence-corrected chi connectivity index (χ3v) is 1.78. The van der Waals surface area contributed by atoms with E-state index in [0.29, 0.717) is 12.5 Å². The normalized spacial score (nSPS) is 15.8. The summed E-state index contributed by atoms with van der Waals surface area (Å²) < 4.78 is 25.2. The van der Waals surface area contributed by atoms with Crippen LogP contribution in [0.15, 0.2) is 0 Å². The lowest BCUT2D eigenvalue weighted by molar-refractivity contribution is -0.134. The van der Waals surface area contributed by atoms with E-state index in [2.05, 4.69) is 4.18 Å². The number of carboxylic acids is 1. The van der Waals surface area contributed by atoms with Crippen LogP contribution in [-0.2, 0) is 19.1 Å². The standard InChI is InChI=1S/C5H10O3S.C2H4O2/c1-9(6,7)8-4-5-2-3-5;1-2(3)4/h5H,2-4H2,1H3;1H3,(H,3,4). The van der Waals surface area contributed by atoms with Gasteiger partial charge in [0, 0.05) is 6.92 Å². The molecule has 1 aliphatic rings. The van der Waals surface area contributed by atoms with Crippen molar-refractivity contribution in [2.75, 3.05) is 12.9 Å². The molecule has 6 heteroatoms. The van der Waals surface area contributed by atoms with Gasteiger partial charge in [0.25, 0.3) is 16.1 Å². The van der Waals surface area contributed by atoms with Crippen LogP contribution in [0.4, 0.5) is 0 Å². The quantitative estimate of drug-likeness (QED) is 0.684. The van der Waals surface area contributed by atoms with E-state index in [0.717, 1.165) is 26.0 Å². The summed E-state index contributed by atoms with van der Waals surface area (Å²) in [6.07, 6.45) is 3.32. The lowest BCUT2D eigenvalue weighted by Gasteiger charge is -1.95. The predicted octanol–water partition coefficient (Wildman–Crippen LogP) is 0.464. The van der Waals surface area contributed by atoms with Crippen LogP contribution in [0.2, 0.25) is 0 Å². The molecule has 0 radical (unpaired) electrons. The van der Waals surface area contributed by atoms with Crippen molar-refractivity contribution in [1.29, 1.82) is 0 Å². The number of hydrogen-bond donors (Lipinski definition) is 1. The van der Waals surface area contributed by atoms with Gasteiger partial charge in [0.2, 0.25) is 0 Å². The topological polar surface area (TPSA) is 80.7 Å². The number of carboxylic acid groups (broad SMARTS) is 1. The largest absolute Gasteiger partial charge is 0.481 e. The maximum atomic E-state index is 10.3. The SMILES string of the molecule is CC(=O)O.CS(=O)(=O)OCC1CC1. The summed E-state index contributed by atoms with van der Waals surface area (Å²) in [6.45, 7) is 1.47. The first kappa shape index (κ1) is 12.4. The molecule has 1 rings (SSSR count). The lowest BCUT2D eigenvalue weighted by Crippen LogP contribution is -2.04. The van der Waals surface area contributed by atoms with Crippen molar-refractivity contribution in [2.24, 2.45) is 5.92 Å². The minimum atomic E-state index is -3.18. The van der Waals surface area contributed by atoms with Crippen LogP contribution >= 0.6 is 0 Å². The molecule has 0 spiro atoms. The van der Waals surface area contributed by atoms with Crippen molar-refractivity contribution >= 4 is 16.1 Å². The average Bonchev–Trinajstić information content (AvgIpc) is 2.61. The molecule has 0 heterocycles. The molecule has 1 N–H and O–H groups in total. The molecule has 5 nitrogen and oxygen atoms in total. The second-order valence-electron chi connectivity index (χ2n) is 2.95. The highest BCUT2D eigenvalue weighted by Gasteiger charge is 2.22. The zero-order valence-electron chi connectivity index (χ0n) is 7.69. The van der Waals surface area contributed by atoms with Gasteiger partial charge >= 0.3 is 0 Å². The summed E-state index contributed by atoms with van der Waals surface area (Å²) in [5.41, 5.74) is 0. The summed E-state index contributed by atoms with van der Waals surface area (Å²) in [5.74, 6) is -0.320. The van der Waals surface area contributed by atoms with Crippen LogP contribution < -0.4 is 0 Å². The summed E-state index contributed by atoms with van der Waals surface area (Å²) in [7, 11) is -3.18. The van der Waals surface area contributed by atoms with Crippen molar-refractivity contribution in [3.05, 3.63) is 0 Å². The van der Waals surface area contributed by atoms with Crippen molar-refractivity contribution in [3.63, 3.8) is 0 Å². The molecule has 0 amide bonds. The Morgan fingerprint density at radius 1 is 1.54 bits per heavy atom. The van der Waals surface area contributed by atoms with Crippen LogP contribution in [0.5, 0.6) is 0 Å². The number of rotatable bonds is 3. The Labute approximate surface area is 77.8 Å². The van der Waals surface area contributed by atoms with E-state index in [-0.39, 0.29) is 0 Å². The highest BCUT2D eigenvalue weighted by Crippen LogP contribution is 2.29. The van der Waals surface area contributed by atoms with E-state index in [1.807, 2.05) is 0 Å². The minimum Gasteiger partial charge on any atom is -0.481 e. The fourth-order valence-corrected chi connectivity index (χ4v) is 0.944. The second-order valence-corrected chi connectivity index (χ2v) is 4.59. The lowest BCUT2D eigenvalue weighted by atomic mass is 10.5. The van der Waals surface area contributed by atoms with Crippen molar-refractivity contribution in [1.82, 2.24) is 0 Å². The van der Waals surface area contributed by atoms with Gasteiger partial charge in [-0.2, -0.15) is 8.42 Å². The maximum Gasteiger partial charge on any atom is 0.300 e. The first-order chi connectivity index (χ1) is 5.81. The molecule has 0 aromatic carbocycles. The summed E-state index contributed by atoms with van der Waals surface area (Å²) in [5, 5.41) is 7.42. The van der Waals surface area contributed by atoms with Gasteiger partial charge in [-0.1, -0.05) is 0 Å². The van der Waals surface area contributed by atoms with Crippen molar-refractivity contribution in [3.8, 4) is 0 Å². The first-order valence-electron chi connectivity index (χ1n) is 3.85.